The third-order valence-electron chi connectivity index (χ3n) is 5.74. The fourth-order valence-corrected chi connectivity index (χ4v) is 3.67. The minimum Gasteiger partial charge on any atom is -0.484 e. The van der Waals surface area contributed by atoms with E-state index in [-0.39, 0.29) is 12.2 Å². The van der Waals surface area contributed by atoms with Crippen LogP contribution in [0.1, 0.15) is 25.0 Å². The van der Waals surface area contributed by atoms with E-state index in [1.807, 2.05) is 0 Å². The molecule has 0 aliphatic carbocycles. The molecule has 0 heterocycles. The van der Waals surface area contributed by atoms with Gasteiger partial charge in [-0.05, 0) is 36.1 Å². The number of aryl methyl sites for hydroxylation is 1. The zero-order chi connectivity index (χ0) is 31.0. The largest absolute Gasteiger partial charge is 0.484 e. The van der Waals surface area contributed by atoms with E-state index in [0.717, 1.165) is 10.9 Å². The van der Waals surface area contributed by atoms with Crippen molar-refractivity contribution < 1.29 is 45.9 Å². The molecule has 0 spiro atoms. The smallest absolute Gasteiger partial charge is 0.405 e. The van der Waals surface area contributed by atoms with E-state index in [4.69, 9.17) is 16.3 Å². The second-order valence-corrected chi connectivity index (χ2v) is 9.88. The van der Waals surface area contributed by atoms with Gasteiger partial charge in [0, 0.05) is 11.4 Å². The Kier molecular flexibility index (Phi) is 11.6. The van der Waals surface area contributed by atoms with Gasteiger partial charge in [-0.3, -0.25) is 19.2 Å². The van der Waals surface area contributed by atoms with Gasteiger partial charge in [0.25, 0.3) is 11.8 Å². The van der Waals surface area contributed by atoms with Gasteiger partial charge >= 0.3 is 12.1 Å². The van der Waals surface area contributed by atoms with Crippen LogP contribution in [0.15, 0.2) is 48.5 Å². The van der Waals surface area contributed by atoms with Crippen molar-refractivity contribution in [3.05, 3.63) is 64.7 Å². The third kappa shape index (κ3) is 10.3. The molecule has 0 radical (unpaired) electrons. The highest BCUT2D eigenvalue weighted by atomic mass is 35.5. The van der Waals surface area contributed by atoms with Crippen molar-refractivity contribution in [1.82, 2.24) is 16.0 Å². The molecule has 2 atom stereocenters. The summed E-state index contributed by atoms with van der Waals surface area (Å²) in [5.41, 5.74) is 1.35. The van der Waals surface area contributed by atoms with Gasteiger partial charge in [0.15, 0.2) is 6.61 Å². The molecule has 8 nitrogen and oxygen atoms in total. The van der Waals surface area contributed by atoms with Crippen LogP contribution in [0.3, 0.4) is 0 Å². The summed E-state index contributed by atoms with van der Waals surface area (Å²) < 4.78 is 71.6. The fraction of sp³-hybridized carbons (Fsp3) is 0.407. The van der Waals surface area contributed by atoms with Crippen LogP contribution in [-0.2, 0) is 25.6 Å². The Bertz CT molecular complexity index is 1240. The first-order valence-corrected chi connectivity index (χ1v) is 12.7. The lowest BCUT2D eigenvalue weighted by molar-refractivity contribution is -0.165. The summed E-state index contributed by atoms with van der Waals surface area (Å²) in [5.74, 6) is -12.0. The zero-order valence-electron chi connectivity index (χ0n) is 22.3. The number of ketones is 1. The molecule has 224 valence electrons. The minimum atomic E-state index is -4.99. The molecule has 0 saturated carbocycles. The average molecular weight is 606 g/mol. The van der Waals surface area contributed by atoms with Crippen LogP contribution >= 0.6 is 11.6 Å². The number of hydrogen-bond donors (Lipinski definition) is 3. The Morgan fingerprint density at radius 2 is 1.59 bits per heavy atom. The van der Waals surface area contributed by atoms with Crippen LogP contribution in [-0.4, -0.2) is 60.8 Å². The maximum Gasteiger partial charge on any atom is 0.405 e. The Labute approximate surface area is 238 Å². The van der Waals surface area contributed by atoms with E-state index in [9.17, 15) is 41.1 Å². The van der Waals surface area contributed by atoms with Crippen LogP contribution in [0.25, 0.3) is 0 Å². The first-order valence-electron chi connectivity index (χ1n) is 12.3. The summed E-state index contributed by atoms with van der Waals surface area (Å²) in [5, 5.41) is 5.93. The van der Waals surface area contributed by atoms with E-state index < -0.39 is 66.8 Å². The standard InChI is InChI=1S/C27H29ClF5N3O5/c1-15(2)22(23(38)27(32,33)25(40)34-14-26(29,30)31)36-24(39)20(11-17-7-5-4-6-8-17)35-21(37)13-41-18-10-9-16(3)19(28)12-18/h4-10,12,15,20,22H,11,13-14H2,1-3H3,(H,34,40)(H,35,37)(H,36,39)/t20?,22-/m0/s1. The molecule has 41 heavy (non-hydrogen) atoms. The van der Waals surface area contributed by atoms with Gasteiger partial charge in [0.05, 0.1) is 6.04 Å². The van der Waals surface area contributed by atoms with Gasteiger partial charge in [-0.1, -0.05) is 61.8 Å². The summed E-state index contributed by atoms with van der Waals surface area (Å²) in [6.45, 7) is 1.73. The van der Waals surface area contributed by atoms with Crippen LogP contribution in [0.4, 0.5) is 22.0 Å². The summed E-state index contributed by atoms with van der Waals surface area (Å²) in [7, 11) is 0. The molecule has 0 bridgehead atoms. The van der Waals surface area contributed by atoms with Crippen molar-refractivity contribution >= 4 is 35.1 Å². The van der Waals surface area contributed by atoms with Crippen LogP contribution < -0.4 is 20.7 Å². The number of carbonyl (C=O) groups excluding carboxylic acids is 4. The van der Waals surface area contributed by atoms with Crippen molar-refractivity contribution in [2.75, 3.05) is 13.2 Å². The number of hydrogen-bond acceptors (Lipinski definition) is 5. The van der Waals surface area contributed by atoms with E-state index >= 15 is 0 Å². The van der Waals surface area contributed by atoms with E-state index in [1.165, 1.54) is 19.9 Å². The van der Waals surface area contributed by atoms with Crippen molar-refractivity contribution in [1.29, 1.82) is 0 Å². The highest BCUT2D eigenvalue weighted by Crippen LogP contribution is 2.23. The summed E-state index contributed by atoms with van der Waals surface area (Å²) in [6.07, 6.45) is -5.10. The lowest BCUT2D eigenvalue weighted by atomic mass is 9.94. The van der Waals surface area contributed by atoms with Gasteiger partial charge in [0.1, 0.15) is 18.3 Å². The number of nitrogens with one attached hydrogen (secondary N) is 3. The number of carbonyl (C=O) groups is 4. The molecule has 0 aliphatic heterocycles. The van der Waals surface area contributed by atoms with Crippen molar-refractivity contribution in [3.63, 3.8) is 0 Å². The molecule has 2 aromatic rings. The van der Waals surface area contributed by atoms with Crippen molar-refractivity contribution in [3.8, 4) is 5.75 Å². The fourth-order valence-electron chi connectivity index (χ4n) is 3.49. The van der Waals surface area contributed by atoms with Gasteiger partial charge in [-0.25, -0.2) is 0 Å². The summed E-state index contributed by atoms with van der Waals surface area (Å²) in [4.78, 5) is 50.2. The number of amides is 3. The number of ether oxygens (including phenoxy) is 1. The quantitative estimate of drug-likeness (QED) is 0.238. The average Bonchev–Trinajstić information content (AvgIpc) is 2.90. The number of benzene rings is 2. The van der Waals surface area contributed by atoms with Gasteiger partial charge in [-0.2, -0.15) is 22.0 Å². The molecule has 3 N–H and O–H groups in total. The van der Waals surface area contributed by atoms with Crippen LogP contribution in [0.5, 0.6) is 5.75 Å². The Balaban J connectivity index is 2.19. The van der Waals surface area contributed by atoms with Crippen molar-refractivity contribution in [2.45, 2.75) is 51.4 Å². The molecule has 14 heteroatoms. The topological polar surface area (TPSA) is 114 Å². The number of rotatable bonds is 13. The van der Waals surface area contributed by atoms with Crippen LogP contribution in [0, 0.1) is 12.8 Å². The van der Waals surface area contributed by atoms with Crippen LogP contribution in [0.2, 0.25) is 5.02 Å². The van der Waals surface area contributed by atoms with Gasteiger partial charge in [-0.15, -0.1) is 0 Å². The molecule has 0 aromatic heterocycles. The summed E-state index contributed by atoms with van der Waals surface area (Å²) in [6, 6.07) is 9.69. The maximum atomic E-state index is 14.5. The first kappa shape index (κ1) is 33.5. The molecule has 0 aliphatic rings. The van der Waals surface area contributed by atoms with E-state index in [1.54, 1.807) is 49.4 Å². The molecule has 0 saturated heterocycles. The lowest BCUT2D eigenvalue weighted by Crippen LogP contribution is -2.59. The Morgan fingerprint density at radius 3 is 2.15 bits per heavy atom. The normalized spacial score (nSPS) is 13.2. The molecular formula is C27H29ClF5N3O5. The Morgan fingerprint density at radius 1 is 0.951 bits per heavy atom. The first-order chi connectivity index (χ1) is 19.0. The molecule has 0 fully saturated rings. The monoisotopic (exact) mass is 605 g/mol. The predicted molar refractivity (Wildman–Crippen MR) is 140 cm³/mol. The number of Topliss-reactive ketones (excluding diaryl/α,β-unsaturated/α-hetero) is 1. The number of alkyl halides is 5. The lowest BCUT2D eigenvalue weighted by Gasteiger charge is -2.27. The number of halogens is 6. The molecule has 2 aromatic carbocycles. The highest BCUT2D eigenvalue weighted by Gasteiger charge is 2.52. The van der Waals surface area contributed by atoms with Crippen molar-refractivity contribution in [2.24, 2.45) is 5.92 Å². The molecular weight excluding hydrogens is 577 g/mol. The highest BCUT2D eigenvalue weighted by molar-refractivity contribution is 6.31. The molecule has 2 rings (SSSR count). The van der Waals surface area contributed by atoms with E-state index in [2.05, 4.69) is 10.6 Å². The summed E-state index contributed by atoms with van der Waals surface area (Å²) >= 11 is 6.04. The van der Waals surface area contributed by atoms with Gasteiger partial charge in [0.2, 0.25) is 11.7 Å². The zero-order valence-corrected chi connectivity index (χ0v) is 23.0. The second-order valence-electron chi connectivity index (χ2n) is 9.48. The van der Waals surface area contributed by atoms with Gasteiger partial charge < -0.3 is 20.7 Å². The minimum absolute atomic E-state index is 0.115. The Hall–Kier alpha value is -3.74. The predicted octanol–water partition coefficient (Wildman–Crippen LogP) is 3.78. The third-order valence-corrected chi connectivity index (χ3v) is 6.15. The molecule has 1 unspecified atom stereocenters. The molecule has 3 amide bonds. The second kappa shape index (κ2) is 14.2. The van der Waals surface area contributed by atoms with E-state index in [0.29, 0.717) is 10.6 Å². The maximum absolute atomic E-state index is 14.5. The SMILES string of the molecule is Cc1ccc(OCC(=O)NC(Cc2ccccc2)C(=O)N[C@H](C(=O)C(F)(F)C(=O)NCC(F)(F)F)C(C)C)cc1Cl.